The fourth-order valence-corrected chi connectivity index (χ4v) is 10.9. The number of ether oxygens (including phenoxy) is 6. The van der Waals surface area contributed by atoms with E-state index in [2.05, 4.69) is 10.3 Å². The molecule has 2 aromatic carbocycles. The van der Waals surface area contributed by atoms with Crippen molar-refractivity contribution in [3.05, 3.63) is 113 Å². The normalized spacial score (nSPS) is 31.6. The van der Waals surface area contributed by atoms with Crippen molar-refractivity contribution in [2.75, 3.05) is 6.61 Å². The molecule has 344 valence electrons. The van der Waals surface area contributed by atoms with Crippen molar-refractivity contribution in [2.24, 2.45) is 22.7 Å². The van der Waals surface area contributed by atoms with Crippen molar-refractivity contribution in [1.29, 1.82) is 0 Å². The molecule has 16 nitrogen and oxygen atoms in total. The van der Waals surface area contributed by atoms with Gasteiger partial charge < -0.3 is 44.0 Å². The van der Waals surface area contributed by atoms with Crippen molar-refractivity contribution >= 4 is 35.8 Å². The number of esters is 4. The minimum atomic E-state index is -2.30. The number of amides is 1. The van der Waals surface area contributed by atoms with Crippen LogP contribution in [0.15, 0.2) is 96.2 Å². The summed E-state index contributed by atoms with van der Waals surface area (Å²) in [5.41, 5.74) is -7.29. The first-order valence-corrected chi connectivity index (χ1v) is 21.7. The summed E-state index contributed by atoms with van der Waals surface area (Å²) in [5, 5.41) is 28.2. The van der Waals surface area contributed by atoms with E-state index in [0.717, 1.165) is 0 Å². The van der Waals surface area contributed by atoms with Crippen LogP contribution in [-0.4, -0.2) is 105 Å². The number of pyridine rings is 1. The van der Waals surface area contributed by atoms with E-state index in [9.17, 15) is 34.2 Å². The number of alkyl carbamates (subject to hydrolysis) is 1. The summed E-state index contributed by atoms with van der Waals surface area (Å²) >= 11 is 0. The predicted molar refractivity (Wildman–Crippen MR) is 227 cm³/mol. The number of carbonyl (C=O) groups excluding carboxylic acids is 6. The number of Topliss-reactive ketones (excluding diaryl/α,β-unsaturated/α-hetero) is 1. The van der Waals surface area contributed by atoms with E-state index in [1.165, 1.54) is 31.3 Å². The maximum atomic E-state index is 15.9. The zero-order chi connectivity index (χ0) is 46.9. The van der Waals surface area contributed by atoms with E-state index in [0.29, 0.717) is 5.56 Å². The average molecular weight is 895 g/mol. The Labute approximate surface area is 376 Å². The standard InChI is InChI=1S/C49H54N2O14/c1-26-32(61-43(57)36(53)35(28-16-10-8-11-17-28)51-44(58)65-45(3,4)5)24-49(59)40(63-41(55)29-18-12-9-13-19-29)38-47(23-30(47)22-33-48(38,25-60-33)64-27(2)52)39(54)37(34(26)46(49,6)7)62-42(56)31-20-14-15-21-50-31/h8-21,30,32-33,35-38,40,53,59H,22-25H2,1-7H3,(H,51,58)/t30-,32+,33-,35+,36-,37-,38+,40+,47-,48+,49-/m1/s1. The second-order valence-electron chi connectivity index (χ2n) is 19.3. The zero-order valence-corrected chi connectivity index (χ0v) is 37.3. The highest BCUT2D eigenvalue weighted by atomic mass is 16.6. The Kier molecular flexibility index (Phi) is 11.6. The zero-order valence-electron chi connectivity index (χ0n) is 37.3. The van der Waals surface area contributed by atoms with Gasteiger partial charge in [0, 0.05) is 30.4 Å². The fraction of sp³-hybridized carbons (Fsp3) is 0.490. The van der Waals surface area contributed by atoms with Crippen LogP contribution >= 0.6 is 0 Å². The number of aliphatic hydroxyl groups is 2. The molecule has 1 aliphatic heterocycles. The van der Waals surface area contributed by atoms with Gasteiger partial charge in [0.1, 0.15) is 35.2 Å². The first kappa shape index (κ1) is 45.6. The van der Waals surface area contributed by atoms with Crippen LogP contribution in [0.25, 0.3) is 0 Å². The molecule has 1 saturated heterocycles. The molecule has 5 aliphatic rings. The van der Waals surface area contributed by atoms with E-state index in [1.54, 1.807) is 102 Å². The van der Waals surface area contributed by atoms with Gasteiger partial charge >= 0.3 is 30.0 Å². The van der Waals surface area contributed by atoms with E-state index in [4.69, 9.17) is 28.4 Å². The lowest BCUT2D eigenvalue weighted by Gasteiger charge is -2.64. The van der Waals surface area contributed by atoms with Crippen LogP contribution in [0.1, 0.15) is 100 Å². The molecule has 1 spiro atoms. The molecule has 1 aromatic heterocycles. The molecule has 0 radical (unpaired) electrons. The minimum Gasteiger partial charge on any atom is -0.456 e. The first-order valence-electron chi connectivity index (χ1n) is 21.7. The molecule has 1 amide bonds. The van der Waals surface area contributed by atoms with Crippen LogP contribution in [0, 0.1) is 22.7 Å². The minimum absolute atomic E-state index is 0.0760. The summed E-state index contributed by atoms with van der Waals surface area (Å²) in [5.74, 6) is -6.02. The largest absolute Gasteiger partial charge is 0.456 e. The fourth-order valence-electron chi connectivity index (χ4n) is 10.9. The van der Waals surface area contributed by atoms with Gasteiger partial charge in [0.05, 0.1) is 24.1 Å². The number of aliphatic hydroxyl groups excluding tert-OH is 1. The van der Waals surface area contributed by atoms with Crippen molar-refractivity contribution in [3.8, 4) is 0 Å². The number of aromatic nitrogens is 1. The molecule has 65 heavy (non-hydrogen) atoms. The molecule has 16 heteroatoms. The van der Waals surface area contributed by atoms with Crippen LogP contribution < -0.4 is 5.32 Å². The van der Waals surface area contributed by atoms with Gasteiger partial charge in [0.15, 0.2) is 23.6 Å². The number of nitrogens with zero attached hydrogens (tertiary/aromatic N) is 1. The second kappa shape index (κ2) is 16.5. The number of hydrogen-bond donors (Lipinski definition) is 3. The number of carbonyl (C=O) groups is 6. The van der Waals surface area contributed by atoms with Crippen LogP contribution in [0.4, 0.5) is 4.79 Å². The summed E-state index contributed by atoms with van der Waals surface area (Å²) in [6, 6.07) is 19.5. The highest BCUT2D eigenvalue weighted by Crippen LogP contribution is 2.74. The molecule has 4 fully saturated rings. The Balaban J connectivity index is 1.29. The lowest BCUT2D eigenvalue weighted by atomic mass is 9.48. The first-order chi connectivity index (χ1) is 30.6. The summed E-state index contributed by atoms with van der Waals surface area (Å²) in [7, 11) is 0. The van der Waals surface area contributed by atoms with Crippen LogP contribution in [-0.2, 0) is 42.8 Å². The van der Waals surface area contributed by atoms with Crippen molar-refractivity contribution in [1.82, 2.24) is 10.3 Å². The summed E-state index contributed by atoms with van der Waals surface area (Å²) in [6.07, 6.45) is -7.19. The monoisotopic (exact) mass is 894 g/mol. The average Bonchev–Trinajstić information content (AvgIpc) is 3.99. The number of fused-ring (bicyclic) bond motifs is 4. The van der Waals surface area contributed by atoms with Gasteiger partial charge in [-0.3, -0.25) is 9.59 Å². The third kappa shape index (κ3) is 7.78. The van der Waals surface area contributed by atoms with Crippen LogP contribution in [0.3, 0.4) is 0 Å². The third-order valence-electron chi connectivity index (χ3n) is 14.0. The van der Waals surface area contributed by atoms with Gasteiger partial charge in [-0.1, -0.05) is 68.4 Å². The van der Waals surface area contributed by atoms with E-state index in [-0.39, 0.29) is 41.9 Å². The maximum absolute atomic E-state index is 15.9. The van der Waals surface area contributed by atoms with Gasteiger partial charge in [0.25, 0.3) is 0 Å². The summed E-state index contributed by atoms with van der Waals surface area (Å²) in [4.78, 5) is 89.1. The van der Waals surface area contributed by atoms with Gasteiger partial charge in [-0.2, -0.15) is 0 Å². The number of nitrogens with one attached hydrogen (secondary N) is 1. The SMILES string of the molecule is CC(=O)O[C@@]12CO[C@@H]1C[C@@H]1C[C@@]13C(=O)[C@H](OC(=O)c1ccccn1)C1=C(C)[C@@H](OC(=O)[C@H](O)[C@@H](NC(=O)OC(C)(C)C)c4ccccc4)C[C@@](O)([C@@H](OC(=O)c4ccccc4)[C@H]23)C1(C)C. The Hall–Kier alpha value is -5.97. The van der Waals surface area contributed by atoms with E-state index in [1.807, 2.05) is 0 Å². The molecular weight excluding hydrogens is 841 g/mol. The lowest BCUT2D eigenvalue weighted by Crippen LogP contribution is -2.78. The number of ketones is 1. The van der Waals surface area contributed by atoms with Crippen molar-refractivity contribution in [3.63, 3.8) is 0 Å². The Morgan fingerprint density at radius 3 is 2.15 bits per heavy atom. The summed E-state index contributed by atoms with van der Waals surface area (Å²) < 4.78 is 36.6. The molecule has 3 aromatic rings. The second-order valence-corrected chi connectivity index (χ2v) is 19.3. The number of rotatable bonds is 10. The molecule has 2 bridgehead atoms. The smallest absolute Gasteiger partial charge is 0.408 e. The van der Waals surface area contributed by atoms with Gasteiger partial charge in [-0.15, -0.1) is 0 Å². The quantitative estimate of drug-likeness (QED) is 0.136. The Morgan fingerprint density at radius 2 is 1.55 bits per heavy atom. The molecule has 4 aliphatic carbocycles. The Bertz CT molecular complexity index is 2420. The topological polar surface area (TPSA) is 223 Å². The Morgan fingerprint density at radius 1 is 0.892 bits per heavy atom. The molecule has 2 heterocycles. The lowest BCUT2D eigenvalue weighted by molar-refractivity contribution is -0.323. The van der Waals surface area contributed by atoms with Gasteiger partial charge in [0.2, 0.25) is 0 Å². The molecule has 0 unspecified atom stereocenters. The van der Waals surface area contributed by atoms with E-state index >= 15 is 4.79 Å². The molecule has 8 rings (SSSR count). The molecule has 3 N–H and O–H groups in total. The summed E-state index contributed by atoms with van der Waals surface area (Å²) in [6.45, 7) is 10.8. The third-order valence-corrected chi connectivity index (χ3v) is 14.0. The highest BCUT2D eigenvalue weighted by molar-refractivity contribution is 5.99. The number of hydrogen-bond acceptors (Lipinski definition) is 15. The van der Waals surface area contributed by atoms with Crippen molar-refractivity contribution in [2.45, 2.75) is 121 Å². The maximum Gasteiger partial charge on any atom is 0.408 e. The number of benzene rings is 2. The van der Waals surface area contributed by atoms with Gasteiger partial charge in [-0.25, -0.2) is 24.2 Å². The van der Waals surface area contributed by atoms with E-state index < -0.39 is 118 Å². The molecule has 11 atom stereocenters. The van der Waals surface area contributed by atoms with Crippen LogP contribution in [0.2, 0.25) is 0 Å². The highest BCUT2D eigenvalue weighted by Gasteiger charge is 2.84. The molecular formula is C49H54N2O14. The molecule has 3 saturated carbocycles. The predicted octanol–water partition coefficient (Wildman–Crippen LogP) is 5.16. The van der Waals surface area contributed by atoms with Crippen LogP contribution in [0.5, 0.6) is 0 Å². The van der Waals surface area contributed by atoms with Gasteiger partial charge in [-0.05, 0) is 87.4 Å². The van der Waals surface area contributed by atoms with Crippen molar-refractivity contribution < 1.29 is 67.4 Å².